The van der Waals surface area contributed by atoms with Gasteiger partial charge in [0, 0.05) is 17.6 Å². The summed E-state index contributed by atoms with van der Waals surface area (Å²) in [6, 6.07) is 9.72. The average Bonchev–Trinajstić information content (AvgIpc) is 2.69. The third-order valence-electron chi connectivity index (χ3n) is 3.18. The fourth-order valence-electron chi connectivity index (χ4n) is 2.25. The van der Waals surface area contributed by atoms with Crippen molar-refractivity contribution in [3.8, 4) is 0 Å². The van der Waals surface area contributed by atoms with Crippen LogP contribution in [-0.4, -0.2) is 28.2 Å². The van der Waals surface area contributed by atoms with Gasteiger partial charge in [0.05, 0.1) is 5.69 Å². The highest BCUT2D eigenvalue weighted by Gasteiger charge is 2.23. The number of amides is 1. The molecule has 3 rings (SSSR count). The van der Waals surface area contributed by atoms with Crippen molar-refractivity contribution in [1.29, 1.82) is 0 Å². The lowest BCUT2D eigenvalue weighted by Gasteiger charge is -2.22. The van der Waals surface area contributed by atoms with Gasteiger partial charge in [-0.25, -0.2) is 9.97 Å². The van der Waals surface area contributed by atoms with E-state index in [0.717, 1.165) is 29.3 Å². The van der Waals surface area contributed by atoms with Gasteiger partial charge >= 0.3 is 0 Å². The largest absolute Gasteiger partial charge is 0.306 e. The van der Waals surface area contributed by atoms with Crippen LogP contribution >= 0.6 is 11.8 Å². The van der Waals surface area contributed by atoms with E-state index < -0.39 is 0 Å². The van der Waals surface area contributed by atoms with Crippen molar-refractivity contribution < 1.29 is 4.79 Å². The Kier molecular flexibility index (Phi) is 3.69. The van der Waals surface area contributed by atoms with Crippen LogP contribution in [0, 0.1) is 6.92 Å². The van der Waals surface area contributed by atoms with Crippen LogP contribution < -0.4 is 4.90 Å². The van der Waals surface area contributed by atoms with Gasteiger partial charge in [0.25, 0.3) is 5.91 Å². The second kappa shape index (κ2) is 5.63. The number of thioether (sulfide) groups is 1. The summed E-state index contributed by atoms with van der Waals surface area (Å²) in [6.45, 7) is 2.52. The van der Waals surface area contributed by atoms with Gasteiger partial charge in [-0.05, 0) is 37.3 Å². The molecule has 1 aromatic heterocycles. The molecule has 102 valence electrons. The normalized spacial score (nSPS) is 14.6. The first kappa shape index (κ1) is 13.1. The molecule has 1 aromatic carbocycles. The summed E-state index contributed by atoms with van der Waals surface area (Å²) in [5.74, 6) is 1.60. The molecule has 1 aliphatic rings. The molecule has 2 aromatic rings. The number of carbonyl (C=O) groups is 1. The molecule has 0 saturated carbocycles. The molecule has 0 unspecified atom stereocenters. The lowest BCUT2D eigenvalue weighted by Crippen LogP contribution is -2.32. The van der Waals surface area contributed by atoms with E-state index in [1.807, 2.05) is 23.1 Å². The molecule has 1 aliphatic heterocycles. The predicted molar refractivity (Wildman–Crippen MR) is 80.2 cm³/mol. The first-order chi connectivity index (χ1) is 9.75. The summed E-state index contributed by atoms with van der Waals surface area (Å²) in [7, 11) is 0. The number of hydrogen-bond donors (Lipinski definition) is 0. The molecule has 0 atom stereocenters. The van der Waals surface area contributed by atoms with Crippen LogP contribution in [-0.2, 0) is 0 Å². The number of aromatic nitrogens is 2. The quantitative estimate of drug-likeness (QED) is 0.808. The molecule has 20 heavy (non-hydrogen) atoms. The lowest BCUT2D eigenvalue weighted by atomic mass is 10.2. The molecule has 0 fully saturated rings. The molecule has 1 amide bonds. The Hall–Kier alpha value is -1.88. The summed E-state index contributed by atoms with van der Waals surface area (Å²) >= 11 is 1.80. The molecule has 0 bridgehead atoms. The molecular weight excluding hydrogens is 270 g/mol. The van der Waals surface area contributed by atoms with E-state index in [2.05, 4.69) is 16.0 Å². The SMILES string of the molecule is Cc1nccc(C(=O)N2CCCSc3ccccc32)n1. The van der Waals surface area contributed by atoms with Crippen LogP contribution in [0.4, 0.5) is 5.69 Å². The molecule has 4 nitrogen and oxygen atoms in total. The monoisotopic (exact) mass is 285 g/mol. The maximum Gasteiger partial charge on any atom is 0.277 e. The van der Waals surface area contributed by atoms with E-state index in [0.29, 0.717) is 11.5 Å². The Balaban J connectivity index is 1.99. The number of hydrogen-bond acceptors (Lipinski definition) is 4. The Labute approximate surface area is 122 Å². The van der Waals surface area contributed by atoms with Crippen molar-refractivity contribution in [2.24, 2.45) is 0 Å². The van der Waals surface area contributed by atoms with Gasteiger partial charge in [-0.1, -0.05) is 12.1 Å². The second-order valence-corrected chi connectivity index (χ2v) is 5.75. The van der Waals surface area contributed by atoms with Crippen LogP contribution in [0.5, 0.6) is 0 Å². The van der Waals surface area contributed by atoms with Crippen molar-refractivity contribution in [2.45, 2.75) is 18.2 Å². The molecule has 0 spiro atoms. The van der Waals surface area contributed by atoms with Crippen LogP contribution in [0.15, 0.2) is 41.4 Å². The molecule has 2 heterocycles. The van der Waals surface area contributed by atoms with Crippen molar-refractivity contribution in [3.63, 3.8) is 0 Å². The maximum absolute atomic E-state index is 12.7. The third kappa shape index (κ3) is 2.54. The van der Waals surface area contributed by atoms with Crippen molar-refractivity contribution in [2.75, 3.05) is 17.2 Å². The Morgan fingerprint density at radius 1 is 1.30 bits per heavy atom. The minimum Gasteiger partial charge on any atom is -0.306 e. The Morgan fingerprint density at radius 2 is 2.15 bits per heavy atom. The molecule has 0 saturated heterocycles. The summed E-state index contributed by atoms with van der Waals surface area (Å²) < 4.78 is 0. The fourth-order valence-corrected chi connectivity index (χ4v) is 3.25. The van der Waals surface area contributed by atoms with Crippen LogP contribution in [0.2, 0.25) is 0 Å². The summed E-state index contributed by atoms with van der Waals surface area (Å²) in [6.07, 6.45) is 2.61. The number of para-hydroxylation sites is 1. The van der Waals surface area contributed by atoms with Crippen LogP contribution in [0.3, 0.4) is 0 Å². The minimum absolute atomic E-state index is 0.0505. The number of aryl methyl sites for hydroxylation is 1. The zero-order valence-electron chi connectivity index (χ0n) is 11.2. The highest BCUT2D eigenvalue weighted by molar-refractivity contribution is 7.99. The van der Waals surface area contributed by atoms with Gasteiger partial charge in [0.2, 0.25) is 0 Å². The molecular formula is C15H15N3OS. The number of anilines is 1. The first-order valence-corrected chi connectivity index (χ1v) is 7.57. The van der Waals surface area contributed by atoms with E-state index in [1.165, 1.54) is 0 Å². The highest BCUT2D eigenvalue weighted by Crippen LogP contribution is 2.34. The third-order valence-corrected chi connectivity index (χ3v) is 4.33. The van der Waals surface area contributed by atoms with E-state index in [1.54, 1.807) is 30.9 Å². The molecule has 0 radical (unpaired) electrons. The molecule has 5 heteroatoms. The number of fused-ring (bicyclic) bond motifs is 1. The summed E-state index contributed by atoms with van der Waals surface area (Å²) in [5.41, 5.74) is 1.44. The smallest absolute Gasteiger partial charge is 0.277 e. The van der Waals surface area contributed by atoms with Gasteiger partial charge in [-0.3, -0.25) is 4.79 Å². The van der Waals surface area contributed by atoms with Gasteiger partial charge in [-0.15, -0.1) is 11.8 Å². The number of rotatable bonds is 1. The van der Waals surface area contributed by atoms with Gasteiger partial charge in [-0.2, -0.15) is 0 Å². The lowest BCUT2D eigenvalue weighted by molar-refractivity contribution is 0.0981. The van der Waals surface area contributed by atoms with Gasteiger partial charge in [0.15, 0.2) is 0 Å². The highest BCUT2D eigenvalue weighted by atomic mass is 32.2. The van der Waals surface area contributed by atoms with Gasteiger partial charge in [0.1, 0.15) is 11.5 Å². The van der Waals surface area contributed by atoms with Crippen molar-refractivity contribution in [3.05, 3.63) is 48.0 Å². The summed E-state index contributed by atoms with van der Waals surface area (Å²) in [4.78, 5) is 24.0. The summed E-state index contributed by atoms with van der Waals surface area (Å²) in [5, 5.41) is 0. The molecule has 0 N–H and O–H groups in total. The standard InChI is InChI=1S/C15H15N3OS/c1-11-16-8-7-12(17-11)15(19)18-9-4-10-20-14-6-3-2-5-13(14)18/h2-3,5-8H,4,9-10H2,1H3. The fraction of sp³-hybridized carbons (Fsp3) is 0.267. The topological polar surface area (TPSA) is 46.1 Å². The van der Waals surface area contributed by atoms with Crippen molar-refractivity contribution in [1.82, 2.24) is 9.97 Å². The van der Waals surface area contributed by atoms with Crippen LogP contribution in [0.25, 0.3) is 0 Å². The van der Waals surface area contributed by atoms with E-state index >= 15 is 0 Å². The Morgan fingerprint density at radius 3 is 3.00 bits per heavy atom. The Bertz CT molecular complexity index is 645. The predicted octanol–water partition coefficient (Wildman–Crippen LogP) is 2.93. The van der Waals surface area contributed by atoms with Crippen molar-refractivity contribution >= 4 is 23.4 Å². The van der Waals surface area contributed by atoms with E-state index in [9.17, 15) is 4.79 Å². The van der Waals surface area contributed by atoms with Gasteiger partial charge < -0.3 is 4.90 Å². The second-order valence-electron chi connectivity index (χ2n) is 4.62. The van der Waals surface area contributed by atoms with Crippen LogP contribution in [0.1, 0.15) is 22.7 Å². The minimum atomic E-state index is -0.0505. The molecule has 0 aliphatic carbocycles. The first-order valence-electron chi connectivity index (χ1n) is 6.59. The zero-order chi connectivity index (χ0) is 13.9. The number of nitrogens with zero attached hydrogens (tertiary/aromatic N) is 3. The number of carbonyl (C=O) groups excluding carboxylic acids is 1. The average molecular weight is 285 g/mol. The maximum atomic E-state index is 12.7. The van der Waals surface area contributed by atoms with E-state index in [4.69, 9.17) is 0 Å². The zero-order valence-corrected chi connectivity index (χ0v) is 12.1. The number of benzene rings is 1. The van der Waals surface area contributed by atoms with E-state index in [-0.39, 0.29) is 5.91 Å².